The van der Waals surface area contributed by atoms with Crippen molar-refractivity contribution in [1.29, 1.82) is 0 Å². The smallest absolute Gasteiger partial charge is 0.203 e. The molecule has 3 rings (SSSR count). The second-order valence-corrected chi connectivity index (χ2v) is 5.21. The molecule has 0 aliphatic rings. The Balaban J connectivity index is 2.02. The predicted molar refractivity (Wildman–Crippen MR) is 96.8 cm³/mol. The van der Waals surface area contributed by atoms with E-state index in [0.717, 1.165) is 22.0 Å². The van der Waals surface area contributed by atoms with E-state index in [1.54, 1.807) is 21.3 Å². The van der Waals surface area contributed by atoms with E-state index in [-0.39, 0.29) is 0 Å². The molecule has 3 aromatic rings. The number of fused-ring (bicyclic) bond motifs is 1. The van der Waals surface area contributed by atoms with Crippen LogP contribution in [0.2, 0.25) is 0 Å². The summed E-state index contributed by atoms with van der Waals surface area (Å²) >= 11 is 0. The molecule has 4 heteroatoms. The molecule has 1 aromatic heterocycles. The number of aromatic nitrogens is 1. The van der Waals surface area contributed by atoms with Crippen LogP contribution >= 0.6 is 0 Å². The highest BCUT2D eigenvalue weighted by Crippen LogP contribution is 2.38. The molecule has 0 radical (unpaired) electrons. The number of pyridine rings is 1. The fourth-order valence-electron chi connectivity index (χ4n) is 2.65. The summed E-state index contributed by atoms with van der Waals surface area (Å²) in [7, 11) is 4.82. The maximum absolute atomic E-state index is 5.39. The van der Waals surface area contributed by atoms with Crippen LogP contribution in [0.3, 0.4) is 0 Å². The van der Waals surface area contributed by atoms with Gasteiger partial charge in [0.15, 0.2) is 11.5 Å². The number of para-hydroxylation sites is 1. The molecule has 0 saturated heterocycles. The van der Waals surface area contributed by atoms with E-state index < -0.39 is 0 Å². The summed E-state index contributed by atoms with van der Waals surface area (Å²) in [6, 6.07) is 13.9. The summed E-state index contributed by atoms with van der Waals surface area (Å²) in [4.78, 5) is 4.38. The monoisotopic (exact) mass is 321 g/mol. The molecule has 24 heavy (non-hydrogen) atoms. The van der Waals surface area contributed by atoms with Crippen LogP contribution in [0.25, 0.3) is 23.1 Å². The largest absolute Gasteiger partial charge is 0.493 e. The molecule has 4 nitrogen and oxygen atoms in total. The van der Waals surface area contributed by atoms with Crippen LogP contribution in [0.15, 0.2) is 48.7 Å². The van der Waals surface area contributed by atoms with Gasteiger partial charge in [-0.05, 0) is 35.4 Å². The molecule has 0 fully saturated rings. The van der Waals surface area contributed by atoms with E-state index in [0.29, 0.717) is 17.2 Å². The molecule has 0 aliphatic carbocycles. The predicted octanol–water partition coefficient (Wildman–Crippen LogP) is 4.43. The summed E-state index contributed by atoms with van der Waals surface area (Å²) in [6.45, 7) is 0. The molecule has 0 N–H and O–H groups in total. The molecule has 0 bridgehead atoms. The molecule has 0 unspecified atom stereocenters. The first-order valence-electron chi connectivity index (χ1n) is 7.58. The Labute approximate surface area is 141 Å². The third-order valence-electron chi connectivity index (χ3n) is 3.83. The van der Waals surface area contributed by atoms with Crippen molar-refractivity contribution in [3.63, 3.8) is 0 Å². The number of methoxy groups -OCH3 is 3. The van der Waals surface area contributed by atoms with Crippen LogP contribution < -0.4 is 14.2 Å². The number of ether oxygens (including phenoxy) is 3. The fourth-order valence-corrected chi connectivity index (χ4v) is 2.65. The summed E-state index contributed by atoms with van der Waals surface area (Å²) in [6.07, 6.45) is 5.90. The number of benzene rings is 2. The van der Waals surface area contributed by atoms with Gasteiger partial charge in [-0.3, -0.25) is 4.98 Å². The number of rotatable bonds is 5. The first-order chi connectivity index (χ1) is 11.8. The molecule has 0 amide bonds. The van der Waals surface area contributed by atoms with Crippen molar-refractivity contribution in [2.24, 2.45) is 0 Å². The van der Waals surface area contributed by atoms with Crippen molar-refractivity contribution in [2.75, 3.05) is 21.3 Å². The third-order valence-corrected chi connectivity index (χ3v) is 3.83. The van der Waals surface area contributed by atoms with Gasteiger partial charge >= 0.3 is 0 Å². The lowest BCUT2D eigenvalue weighted by Crippen LogP contribution is -1.95. The van der Waals surface area contributed by atoms with Gasteiger partial charge in [0.1, 0.15) is 0 Å². The van der Waals surface area contributed by atoms with E-state index in [1.165, 1.54) is 0 Å². The Bertz CT molecular complexity index is 857. The van der Waals surface area contributed by atoms with Crippen molar-refractivity contribution in [3.8, 4) is 17.2 Å². The molecule has 0 atom stereocenters. The normalized spacial score (nSPS) is 11.0. The zero-order chi connectivity index (χ0) is 16.9. The van der Waals surface area contributed by atoms with Gasteiger partial charge in [-0.15, -0.1) is 0 Å². The summed E-state index contributed by atoms with van der Waals surface area (Å²) < 4.78 is 16.1. The molecule has 0 saturated carbocycles. The van der Waals surface area contributed by atoms with Crippen molar-refractivity contribution < 1.29 is 14.2 Å². The Morgan fingerprint density at radius 3 is 2.21 bits per heavy atom. The van der Waals surface area contributed by atoms with Gasteiger partial charge < -0.3 is 14.2 Å². The zero-order valence-corrected chi connectivity index (χ0v) is 13.9. The minimum absolute atomic E-state index is 0.589. The van der Waals surface area contributed by atoms with E-state index in [4.69, 9.17) is 14.2 Å². The highest BCUT2D eigenvalue weighted by atomic mass is 16.5. The Morgan fingerprint density at radius 2 is 1.54 bits per heavy atom. The zero-order valence-electron chi connectivity index (χ0n) is 13.9. The van der Waals surface area contributed by atoms with E-state index in [9.17, 15) is 0 Å². The molecule has 122 valence electrons. The molecule has 2 aromatic carbocycles. The molecule has 0 aliphatic heterocycles. The quantitative estimate of drug-likeness (QED) is 0.697. The molecule has 0 spiro atoms. The van der Waals surface area contributed by atoms with Gasteiger partial charge in [0.2, 0.25) is 5.75 Å². The first-order valence-corrected chi connectivity index (χ1v) is 7.58. The van der Waals surface area contributed by atoms with Gasteiger partial charge in [-0.25, -0.2) is 0 Å². The van der Waals surface area contributed by atoms with Gasteiger partial charge in [-0.2, -0.15) is 0 Å². The van der Waals surface area contributed by atoms with E-state index in [1.807, 2.05) is 48.7 Å². The van der Waals surface area contributed by atoms with Crippen LogP contribution in [-0.2, 0) is 0 Å². The lowest BCUT2D eigenvalue weighted by atomic mass is 10.1. The lowest BCUT2D eigenvalue weighted by Gasteiger charge is -2.12. The maximum Gasteiger partial charge on any atom is 0.203 e. The van der Waals surface area contributed by atoms with Crippen molar-refractivity contribution in [2.45, 2.75) is 0 Å². The average molecular weight is 321 g/mol. The standard InChI is InChI=1S/C20H19NO3/c1-22-18-12-14(13-19(23-2)20(18)24-3)8-9-15-10-11-21-17-7-5-4-6-16(15)17/h4-13H,1-3H3/b9-8+. The SMILES string of the molecule is COc1cc(/C=C/c2ccnc3ccccc23)cc(OC)c1OC. The summed E-state index contributed by atoms with van der Waals surface area (Å²) in [5, 5.41) is 1.11. The van der Waals surface area contributed by atoms with Gasteiger partial charge in [0, 0.05) is 11.6 Å². The van der Waals surface area contributed by atoms with Crippen LogP contribution in [0.1, 0.15) is 11.1 Å². The topological polar surface area (TPSA) is 40.6 Å². The van der Waals surface area contributed by atoms with Crippen LogP contribution in [-0.4, -0.2) is 26.3 Å². The number of nitrogens with zero attached hydrogens (tertiary/aromatic N) is 1. The van der Waals surface area contributed by atoms with E-state index in [2.05, 4.69) is 17.1 Å². The highest BCUT2D eigenvalue weighted by molar-refractivity contribution is 5.90. The Kier molecular flexibility index (Phi) is 4.66. The lowest BCUT2D eigenvalue weighted by molar-refractivity contribution is 0.324. The third kappa shape index (κ3) is 3.04. The Morgan fingerprint density at radius 1 is 0.833 bits per heavy atom. The highest BCUT2D eigenvalue weighted by Gasteiger charge is 2.12. The average Bonchev–Trinajstić information content (AvgIpc) is 2.65. The first kappa shape index (κ1) is 15.9. The molecular formula is C20H19NO3. The minimum atomic E-state index is 0.589. The van der Waals surface area contributed by atoms with Crippen LogP contribution in [0, 0.1) is 0 Å². The fraction of sp³-hybridized carbons (Fsp3) is 0.150. The second kappa shape index (κ2) is 7.04. The summed E-state index contributed by atoms with van der Waals surface area (Å²) in [5.41, 5.74) is 3.05. The van der Waals surface area contributed by atoms with E-state index >= 15 is 0 Å². The number of hydrogen-bond acceptors (Lipinski definition) is 4. The summed E-state index contributed by atoms with van der Waals surface area (Å²) in [5.74, 6) is 1.86. The molecular weight excluding hydrogens is 302 g/mol. The van der Waals surface area contributed by atoms with Gasteiger partial charge in [0.25, 0.3) is 0 Å². The maximum atomic E-state index is 5.39. The second-order valence-electron chi connectivity index (χ2n) is 5.21. The molecule has 1 heterocycles. The van der Waals surface area contributed by atoms with Crippen LogP contribution in [0.5, 0.6) is 17.2 Å². The minimum Gasteiger partial charge on any atom is -0.493 e. The van der Waals surface area contributed by atoms with Gasteiger partial charge in [-0.1, -0.05) is 30.4 Å². The van der Waals surface area contributed by atoms with Crippen molar-refractivity contribution in [1.82, 2.24) is 4.98 Å². The van der Waals surface area contributed by atoms with Crippen LogP contribution in [0.4, 0.5) is 0 Å². The van der Waals surface area contributed by atoms with Crippen molar-refractivity contribution >= 4 is 23.1 Å². The Hall–Kier alpha value is -3.01. The number of hydrogen-bond donors (Lipinski definition) is 0. The van der Waals surface area contributed by atoms with Gasteiger partial charge in [0.05, 0.1) is 26.8 Å². The van der Waals surface area contributed by atoms with Crippen molar-refractivity contribution in [3.05, 3.63) is 59.8 Å².